The van der Waals surface area contributed by atoms with Crippen LogP contribution >= 0.6 is 11.8 Å². The lowest BCUT2D eigenvalue weighted by atomic mass is 10.2. The molecule has 0 bridgehead atoms. The van der Waals surface area contributed by atoms with Crippen LogP contribution in [0.2, 0.25) is 0 Å². The third-order valence-corrected chi connectivity index (χ3v) is 3.36. The first-order chi connectivity index (χ1) is 7.90. The summed E-state index contributed by atoms with van der Waals surface area (Å²) in [7, 11) is 0. The van der Waals surface area contributed by atoms with Gasteiger partial charge in [0, 0.05) is 23.1 Å². The van der Waals surface area contributed by atoms with E-state index in [0.717, 1.165) is 11.8 Å². The lowest BCUT2D eigenvalue weighted by Gasteiger charge is -2.10. The van der Waals surface area contributed by atoms with Crippen LogP contribution in [0.25, 0.3) is 0 Å². The summed E-state index contributed by atoms with van der Waals surface area (Å²) in [6.07, 6.45) is 0. The molecule has 0 aromatic heterocycles. The van der Waals surface area contributed by atoms with E-state index >= 15 is 0 Å². The van der Waals surface area contributed by atoms with Crippen LogP contribution < -0.4 is 5.73 Å². The number of benzene rings is 1. The SMILES string of the molecule is CC(CN)SCc1c(F)c(F)c(F)c(F)c1F. The predicted molar refractivity (Wildman–Crippen MR) is 56.0 cm³/mol. The Morgan fingerprint density at radius 2 is 1.35 bits per heavy atom. The first-order valence-corrected chi connectivity index (χ1v) is 5.77. The normalized spacial score (nSPS) is 12.9. The minimum absolute atomic E-state index is 0.134. The summed E-state index contributed by atoms with van der Waals surface area (Å²) in [5.74, 6) is -9.85. The summed E-state index contributed by atoms with van der Waals surface area (Å²) >= 11 is 1.02. The van der Waals surface area contributed by atoms with Gasteiger partial charge in [-0.2, -0.15) is 11.8 Å². The van der Waals surface area contributed by atoms with Crippen LogP contribution in [0.3, 0.4) is 0 Å². The van der Waals surface area contributed by atoms with Gasteiger partial charge in [0.1, 0.15) is 0 Å². The van der Waals surface area contributed by atoms with Gasteiger partial charge in [0.05, 0.1) is 0 Å². The number of thioether (sulfide) groups is 1. The van der Waals surface area contributed by atoms with Crippen LogP contribution in [0.4, 0.5) is 22.0 Å². The summed E-state index contributed by atoms with van der Waals surface area (Å²) in [5, 5.41) is -0.134. The summed E-state index contributed by atoms with van der Waals surface area (Å²) in [4.78, 5) is 0. The van der Waals surface area contributed by atoms with Gasteiger partial charge in [-0.05, 0) is 0 Å². The van der Waals surface area contributed by atoms with Crippen LogP contribution in [0.5, 0.6) is 0 Å². The van der Waals surface area contributed by atoms with Crippen molar-refractivity contribution in [3.63, 3.8) is 0 Å². The highest BCUT2D eigenvalue weighted by atomic mass is 32.2. The number of nitrogens with two attached hydrogens (primary N) is 1. The monoisotopic (exact) mass is 271 g/mol. The Bertz CT molecular complexity index is 395. The van der Waals surface area contributed by atoms with E-state index in [9.17, 15) is 22.0 Å². The van der Waals surface area contributed by atoms with E-state index < -0.39 is 34.6 Å². The van der Waals surface area contributed by atoms with E-state index in [1.54, 1.807) is 6.92 Å². The van der Waals surface area contributed by atoms with Gasteiger partial charge in [0.2, 0.25) is 5.82 Å². The van der Waals surface area contributed by atoms with Gasteiger partial charge in [-0.3, -0.25) is 0 Å². The molecule has 0 aliphatic rings. The second kappa shape index (κ2) is 5.68. The standard InChI is InChI=1S/C10H10F5NS/c1-4(2-16)17-3-5-6(11)8(13)10(15)9(14)7(5)12/h4H,2-3,16H2,1H3. The van der Waals surface area contributed by atoms with Crippen molar-refractivity contribution in [2.45, 2.75) is 17.9 Å². The molecule has 0 amide bonds. The van der Waals surface area contributed by atoms with Gasteiger partial charge in [0.25, 0.3) is 0 Å². The van der Waals surface area contributed by atoms with Crippen LogP contribution in [0.15, 0.2) is 0 Å². The topological polar surface area (TPSA) is 26.0 Å². The Kier molecular flexibility index (Phi) is 4.76. The van der Waals surface area contributed by atoms with E-state index in [-0.39, 0.29) is 17.5 Å². The van der Waals surface area contributed by atoms with Gasteiger partial charge in [-0.25, -0.2) is 22.0 Å². The second-order valence-electron chi connectivity index (χ2n) is 3.41. The van der Waals surface area contributed by atoms with Crippen LogP contribution in [-0.2, 0) is 5.75 Å². The highest BCUT2D eigenvalue weighted by molar-refractivity contribution is 7.99. The quantitative estimate of drug-likeness (QED) is 0.517. The highest BCUT2D eigenvalue weighted by Crippen LogP contribution is 2.27. The first kappa shape index (κ1) is 14.2. The summed E-state index contributed by atoms with van der Waals surface area (Å²) in [6.45, 7) is 1.94. The molecule has 96 valence electrons. The van der Waals surface area contributed by atoms with E-state index in [2.05, 4.69) is 0 Å². The molecule has 17 heavy (non-hydrogen) atoms. The smallest absolute Gasteiger partial charge is 0.200 e. The van der Waals surface area contributed by atoms with E-state index in [1.165, 1.54) is 0 Å². The molecule has 0 aliphatic carbocycles. The molecule has 0 radical (unpaired) electrons. The third kappa shape index (κ3) is 2.90. The summed E-state index contributed by atoms with van der Waals surface area (Å²) in [6, 6.07) is 0. The second-order valence-corrected chi connectivity index (χ2v) is 4.83. The maximum Gasteiger partial charge on any atom is 0.200 e. The van der Waals surface area contributed by atoms with Crippen molar-refractivity contribution in [3.05, 3.63) is 34.6 Å². The van der Waals surface area contributed by atoms with Crippen molar-refractivity contribution in [2.24, 2.45) is 5.73 Å². The molecule has 0 spiro atoms. The molecule has 1 aromatic rings. The maximum absolute atomic E-state index is 13.2. The van der Waals surface area contributed by atoms with Gasteiger partial charge in [0.15, 0.2) is 23.3 Å². The molecule has 1 atom stereocenters. The van der Waals surface area contributed by atoms with E-state index in [0.29, 0.717) is 0 Å². The fraction of sp³-hybridized carbons (Fsp3) is 0.400. The minimum atomic E-state index is -2.14. The first-order valence-electron chi connectivity index (χ1n) is 4.72. The Labute approximate surface area is 99.2 Å². The molecule has 1 unspecified atom stereocenters. The zero-order valence-corrected chi connectivity index (χ0v) is 9.68. The lowest BCUT2D eigenvalue weighted by Crippen LogP contribution is -2.14. The molecule has 0 aliphatic heterocycles. The van der Waals surface area contributed by atoms with E-state index in [1.807, 2.05) is 0 Å². The van der Waals surface area contributed by atoms with Crippen molar-refractivity contribution in [3.8, 4) is 0 Å². The van der Waals surface area contributed by atoms with Crippen molar-refractivity contribution in [1.82, 2.24) is 0 Å². The van der Waals surface area contributed by atoms with Crippen LogP contribution in [-0.4, -0.2) is 11.8 Å². The molecule has 7 heteroatoms. The Morgan fingerprint density at radius 1 is 0.941 bits per heavy atom. The zero-order valence-electron chi connectivity index (χ0n) is 8.87. The van der Waals surface area contributed by atoms with Crippen molar-refractivity contribution >= 4 is 11.8 Å². The molecule has 0 fully saturated rings. The average molecular weight is 271 g/mol. The minimum Gasteiger partial charge on any atom is -0.329 e. The maximum atomic E-state index is 13.2. The number of halogens is 5. The molecule has 1 nitrogen and oxygen atoms in total. The number of hydrogen-bond donors (Lipinski definition) is 1. The fourth-order valence-electron chi connectivity index (χ4n) is 1.07. The van der Waals surface area contributed by atoms with E-state index in [4.69, 9.17) is 5.73 Å². The number of hydrogen-bond acceptors (Lipinski definition) is 2. The Hall–Kier alpha value is -0.820. The molecule has 1 aromatic carbocycles. The summed E-state index contributed by atoms with van der Waals surface area (Å²) < 4.78 is 64.7. The van der Waals surface area contributed by atoms with Crippen molar-refractivity contribution < 1.29 is 22.0 Å². The van der Waals surface area contributed by atoms with Crippen molar-refractivity contribution in [1.29, 1.82) is 0 Å². The largest absolute Gasteiger partial charge is 0.329 e. The van der Waals surface area contributed by atoms with Gasteiger partial charge in [-0.1, -0.05) is 6.92 Å². The van der Waals surface area contributed by atoms with Crippen LogP contribution in [0.1, 0.15) is 12.5 Å². The number of rotatable bonds is 4. The fourth-order valence-corrected chi connectivity index (χ4v) is 1.91. The highest BCUT2D eigenvalue weighted by Gasteiger charge is 2.25. The average Bonchev–Trinajstić information content (AvgIpc) is 2.33. The molecule has 1 rings (SSSR count). The van der Waals surface area contributed by atoms with Crippen molar-refractivity contribution in [2.75, 3.05) is 6.54 Å². The Balaban J connectivity index is 3.07. The van der Waals surface area contributed by atoms with Gasteiger partial charge < -0.3 is 5.73 Å². The lowest BCUT2D eigenvalue weighted by molar-refractivity contribution is 0.372. The van der Waals surface area contributed by atoms with Crippen LogP contribution in [0, 0.1) is 29.1 Å². The predicted octanol–water partition coefficient (Wildman–Crippen LogP) is 2.96. The Morgan fingerprint density at radius 3 is 1.76 bits per heavy atom. The molecular weight excluding hydrogens is 261 g/mol. The zero-order chi connectivity index (χ0) is 13.2. The molecule has 0 saturated heterocycles. The van der Waals surface area contributed by atoms with Gasteiger partial charge in [-0.15, -0.1) is 0 Å². The molecule has 0 saturated carbocycles. The molecule has 0 heterocycles. The molecular formula is C10H10F5NS. The summed E-state index contributed by atoms with van der Waals surface area (Å²) in [5.41, 5.74) is 4.47. The van der Waals surface area contributed by atoms with Gasteiger partial charge >= 0.3 is 0 Å². The molecule has 2 N–H and O–H groups in total. The third-order valence-electron chi connectivity index (χ3n) is 2.14.